The summed E-state index contributed by atoms with van der Waals surface area (Å²) < 4.78 is 5.88. The van der Waals surface area contributed by atoms with E-state index in [1.165, 1.54) is 16.8 Å². The fourth-order valence-electron chi connectivity index (χ4n) is 2.31. The van der Waals surface area contributed by atoms with Gasteiger partial charge in [-0.25, -0.2) is 0 Å². The van der Waals surface area contributed by atoms with E-state index in [1.54, 1.807) is 0 Å². The van der Waals surface area contributed by atoms with E-state index in [0.717, 1.165) is 24.6 Å². The van der Waals surface area contributed by atoms with Crippen LogP contribution >= 0.6 is 0 Å². The number of furan rings is 1. The third-order valence-electron chi connectivity index (χ3n) is 3.33. The lowest BCUT2D eigenvalue weighted by Gasteiger charge is -2.20. The molecule has 1 aromatic carbocycles. The summed E-state index contributed by atoms with van der Waals surface area (Å²) in [6, 6.07) is 10.5. The predicted molar refractivity (Wildman–Crippen MR) is 79.5 cm³/mol. The minimum Gasteiger partial charge on any atom is -0.463 e. The van der Waals surface area contributed by atoms with Gasteiger partial charge in [0.25, 0.3) is 0 Å². The van der Waals surface area contributed by atoms with Gasteiger partial charge in [-0.15, -0.1) is 0 Å². The highest BCUT2D eigenvalue weighted by atomic mass is 16.3. The van der Waals surface area contributed by atoms with Crippen molar-refractivity contribution in [2.45, 2.75) is 26.9 Å². The van der Waals surface area contributed by atoms with Crippen LogP contribution in [-0.2, 0) is 13.1 Å². The van der Waals surface area contributed by atoms with Crippen molar-refractivity contribution in [2.24, 2.45) is 0 Å². The molecule has 1 N–H and O–H groups in total. The summed E-state index contributed by atoms with van der Waals surface area (Å²) in [6.07, 6.45) is 0. The van der Waals surface area contributed by atoms with Crippen LogP contribution in [0.3, 0.4) is 0 Å². The number of anilines is 1. The molecule has 0 saturated carbocycles. The molecule has 0 bridgehead atoms. The lowest BCUT2D eigenvalue weighted by molar-refractivity contribution is 0.451. The quantitative estimate of drug-likeness (QED) is 0.892. The van der Waals surface area contributed by atoms with Gasteiger partial charge in [0.15, 0.2) is 0 Å². The van der Waals surface area contributed by atoms with E-state index in [2.05, 4.69) is 61.4 Å². The van der Waals surface area contributed by atoms with Gasteiger partial charge in [0.2, 0.25) is 0 Å². The zero-order valence-electron chi connectivity index (χ0n) is 12.2. The van der Waals surface area contributed by atoms with Crippen molar-refractivity contribution in [1.82, 2.24) is 5.32 Å². The van der Waals surface area contributed by atoms with Crippen molar-refractivity contribution in [3.8, 4) is 0 Å². The zero-order chi connectivity index (χ0) is 13.8. The van der Waals surface area contributed by atoms with Crippen molar-refractivity contribution in [3.05, 3.63) is 53.0 Å². The summed E-state index contributed by atoms with van der Waals surface area (Å²) in [6.45, 7) is 5.79. The molecule has 0 radical (unpaired) electrons. The molecule has 0 amide bonds. The first kappa shape index (κ1) is 13.7. The molecule has 0 fully saturated rings. The maximum absolute atomic E-state index is 5.88. The highest BCUT2D eigenvalue weighted by molar-refractivity contribution is 5.52. The smallest absolute Gasteiger partial charge is 0.123 e. The van der Waals surface area contributed by atoms with E-state index in [4.69, 9.17) is 4.42 Å². The van der Waals surface area contributed by atoms with Crippen molar-refractivity contribution in [2.75, 3.05) is 19.0 Å². The maximum atomic E-state index is 5.88. The Balaban J connectivity index is 2.13. The molecule has 0 aliphatic heterocycles. The molecule has 0 saturated heterocycles. The Kier molecular flexibility index (Phi) is 4.27. The minimum absolute atomic E-state index is 0.778. The second-order valence-corrected chi connectivity index (χ2v) is 4.99. The fourth-order valence-corrected chi connectivity index (χ4v) is 2.31. The average Bonchev–Trinajstić information content (AvgIpc) is 2.70. The van der Waals surface area contributed by atoms with Crippen LogP contribution in [0.15, 0.2) is 34.7 Å². The van der Waals surface area contributed by atoms with Crippen LogP contribution in [0.5, 0.6) is 0 Å². The van der Waals surface area contributed by atoms with Crippen LogP contribution in [0.4, 0.5) is 5.69 Å². The number of benzene rings is 1. The van der Waals surface area contributed by atoms with E-state index in [-0.39, 0.29) is 0 Å². The van der Waals surface area contributed by atoms with E-state index in [9.17, 15) is 0 Å². The minimum atomic E-state index is 0.778. The Bertz CT molecular complexity index is 545. The summed E-state index contributed by atoms with van der Waals surface area (Å²) in [5, 5.41) is 3.12. The molecule has 2 rings (SSSR count). The molecule has 3 nitrogen and oxygen atoms in total. The van der Waals surface area contributed by atoms with Gasteiger partial charge in [-0.1, -0.05) is 18.2 Å². The van der Waals surface area contributed by atoms with Crippen LogP contribution < -0.4 is 10.2 Å². The second kappa shape index (κ2) is 5.93. The lowest BCUT2D eigenvalue weighted by Crippen LogP contribution is -2.16. The molecule has 0 aliphatic carbocycles. The third kappa shape index (κ3) is 3.18. The van der Waals surface area contributed by atoms with Crippen molar-refractivity contribution < 1.29 is 4.42 Å². The maximum Gasteiger partial charge on any atom is 0.123 e. The van der Waals surface area contributed by atoms with Gasteiger partial charge >= 0.3 is 0 Å². The molecule has 102 valence electrons. The number of nitrogens with one attached hydrogen (secondary N) is 1. The largest absolute Gasteiger partial charge is 0.463 e. The van der Waals surface area contributed by atoms with Crippen LogP contribution in [0.25, 0.3) is 0 Å². The van der Waals surface area contributed by atoms with Crippen molar-refractivity contribution >= 4 is 5.69 Å². The Morgan fingerprint density at radius 2 is 1.89 bits per heavy atom. The van der Waals surface area contributed by atoms with Crippen LogP contribution in [0.2, 0.25) is 0 Å². The van der Waals surface area contributed by atoms with Crippen LogP contribution in [-0.4, -0.2) is 14.1 Å². The Morgan fingerprint density at radius 3 is 2.58 bits per heavy atom. The first-order chi connectivity index (χ1) is 9.11. The first-order valence-electron chi connectivity index (χ1n) is 6.61. The van der Waals surface area contributed by atoms with Gasteiger partial charge in [0.1, 0.15) is 11.5 Å². The molecule has 1 aromatic heterocycles. The first-order valence-corrected chi connectivity index (χ1v) is 6.61. The zero-order valence-corrected chi connectivity index (χ0v) is 12.2. The van der Waals surface area contributed by atoms with Crippen molar-refractivity contribution in [1.29, 1.82) is 0 Å². The Morgan fingerprint density at radius 1 is 1.16 bits per heavy atom. The molecule has 19 heavy (non-hydrogen) atoms. The van der Waals surface area contributed by atoms with E-state index >= 15 is 0 Å². The van der Waals surface area contributed by atoms with Crippen LogP contribution in [0.1, 0.15) is 22.6 Å². The van der Waals surface area contributed by atoms with Gasteiger partial charge in [0, 0.05) is 12.7 Å². The monoisotopic (exact) mass is 258 g/mol. The topological polar surface area (TPSA) is 28.4 Å². The van der Waals surface area contributed by atoms with E-state index in [0.29, 0.717) is 0 Å². The molecule has 0 aliphatic rings. The number of hydrogen-bond donors (Lipinski definition) is 1. The number of rotatable bonds is 5. The Hall–Kier alpha value is -1.74. The summed E-state index contributed by atoms with van der Waals surface area (Å²) in [5.74, 6) is 2.03. The number of para-hydroxylation sites is 1. The van der Waals surface area contributed by atoms with E-state index < -0.39 is 0 Å². The highest BCUT2D eigenvalue weighted by Crippen LogP contribution is 2.22. The number of hydrogen-bond acceptors (Lipinski definition) is 3. The summed E-state index contributed by atoms with van der Waals surface area (Å²) in [4.78, 5) is 2.22. The second-order valence-electron chi connectivity index (χ2n) is 4.99. The number of aryl methyl sites for hydroxylation is 2. The lowest BCUT2D eigenvalue weighted by atomic mass is 10.2. The van der Waals surface area contributed by atoms with Gasteiger partial charge in [-0.2, -0.15) is 0 Å². The normalized spacial score (nSPS) is 10.7. The number of nitrogens with zero attached hydrogens (tertiary/aromatic N) is 1. The van der Waals surface area contributed by atoms with Crippen molar-refractivity contribution in [3.63, 3.8) is 0 Å². The predicted octanol–water partition coefficient (Wildman–Crippen LogP) is 3.25. The molecule has 2 aromatic rings. The third-order valence-corrected chi connectivity index (χ3v) is 3.33. The molecule has 0 unspecified atom stereocenters. The Labute approximate surface area is 115 Å². The molecular formula is C16H22N2O. The fraction of sp³-hybridized carbons (Fsp3) is 0.375. The van der Waals surface area contributed by atoms with E-state index in [1.807, 2.05) is 7.05 Å². The summed E-state index contributed by atoms with van der Waals surface area (Å²) in [7, 11) is 4.03. The van der Waals surface area contributed by atoms with Gasteiger partial charge in [0.05, 0.1) is 13.1 Å². The standard InChI is InChI=1S/C16H22N2O/c1-12-7-5-6-8-15(12)18(4)11-14-9-13(2)16(19-14)10-17-3/h5-9,17H,10-11H2,1-4H3. The molecule has 0 atom stereocenters. The van der Waals surface area contributed by atoms with Gasteiger partial charge in [-0.05, 0) is 44.2 Å². The molecule has 0 spiro atoms. The highest BCUT2D eigenvalue weighted by Gasteiger charge is 2.10. The van der Waals surface area contributed by atoms with Gasteiger partial charge < -0.3 is 14.6 Å². The molecule has 1 heterocycles. The van der Waals surface area contributed by atoms with Crippen LogP contribution in [0, 0.1) is 13.8 Å². The average molecular weight is 258 g/mol. The molecule has 3 heteroatoms. The molecular weight excluding hydrogens is 236 g/mol. The summed E-state index contributed by atoms with van der Waals surface area (Å²) in [5.41, 5.74) is 3.73. The SMILES string of the molecule is CNCc1oc(CN(C)c2ccccc2C)cc1C. The van der Waals surface area contributed by atoms with Gasteiger partial charge in [-0.3, -0.25) is 0 Å². The summed E-state index contributed by atoms with van der Waals surface area (Å²) >= 11 is 0.